The highest BCUT2D eigenvalue weighted by Crippen LogP contribution is 2.44. The van der Waals surface area contributed by atoms with E-state index in [-0.39, 0.29) is 27.0 Å². The Hall–Kier alpha value is -3.01. The molecule has 0 saturated heterocycles. The number of sulfonamides is 1. The summed E-state index contributed by atoms with van der Waals surface area (Å²) < 4.78 is 72.0. The van der Waals surface area contributed by atoms with Gasteiger partial charge >= 0.3 is 6.18 Å². The van der Waals surface area contributed by atoms with Crippen molar-refractivity contribution < 1.29 is 21.6 Å². The average Bonchev–Trinajstić information content (AvgIpc) is 3.12. The highest BCUT2D eigenvalue weighted by molar-refractivity contribution is 7.92. The van der Waals surface area contributed by atoms with Gasteiger partial charge in [-0.3, -0.25) is 9.40 Å². The second kappa shape index (κ2) is 9.32. The molecule has 0 atom stereocenters. The zero-order valence-electron chi connectivity index (χ0n) is 17.2. The highest BCUT2D eigenvalue weighted by Gasteiger charge is 2.41. The molecular weight excluding hydrogens is 510 g/mol. The lowest BCUT2D eigenvalue weighted by atomic mass is 10.0. The number of rotatable bonds is 6. The first-order valence-electron chi connectivity index (χ1n) is 9.81. The quantitative estimate of drug-likeness (QED) is 0.303. The zero-order chi connectivity index (χ0) is 24.5. The number of benzene rings is 3. The molecule has 0 saturated carbocycles. The van der Waals surface area contributed by atoms with Crippen LogP contribution < -0.4 is 4.72 Å². The summed E-state index contributed by atoms with van der Waals surface area (Å²) in [5.74, 6) is -0.503. The molecular formula is C23H16Cl2F3N3O2S. The van der Waals surface area contributed by atoms with Crippen molar-refractivity contribution in [1.82, 2.24) is 9.78 Å². The van der Waals surface area contributed by atoms with Crippen molar-refractivity contribution in [1.29, 1.82) is 0 Å². The number of halogens is 5. The van der Waals surface area contributed by atoms with E-state index in [1.165, 1.54) is 42.5 Å². The third-order valence-corrected chi connectivity index (χ3v) is 6.78. The van der Waals surface area contributed by atoms with E-state index >= 15 is 0 Å². The largest absolute Gasteiger partial charge is 0.433 e. The normalized spacial score (nSPS) is 12.0. The van der Waals surface area contributed by atoms with Gasteiger partial charge in [0.1, 0.15) is 0 Å². The average molecular weight is 526 g/mol. The van der Waals surface area contributed by atoms with E-state index in [1.807, 2.05) is 0 Å². The summed E-state index contributed by atoms with van der Waals surface area (Å²) in [5, 5.41) is 4.16. The van der Waals surface area contributed by atoms with Crippen molar-refractivity contribution in [2.45, 2.75) is 17.6 Å². The fourth-order valence-electron chi connectivity index (χ4n) is 3.43. The molecule has 1 N–H and O–H groups in total. The summed E-state index contributed by atoms with van der Waals surface area (Å²) in [6, 6.07) is 19.6. The number of hydrogen-bond acceptors (Lipinski definition) is 3. The lowest BCUT2D eigenvalue weighted by Crippen LogP contribution is -2.16. The lowest BCUT2D eigenvalue weighted by Gasteiger charge is -2.14. The molecule has 0 unspecified atom stereocenters. The van der Waals surface area contributed by atoms with E-state index in [0.717, 1.165) is 4.68 Å². The Morgan fingerprint density at radius 1 is 0.912 bits per heavy atom. The third kappa shape index (κ3) is 5.06. The van der Waals surface area contributed by atoms with Gasteiger partial charge in [-0.15, -0.1) is 0 Å². The van der Waals surface area contributed by atoms with Crippen LogP contribution in [-0.4, -0.2) is 18.2 Å². The molecule has 176 valence electrons. The molecule has 0 aliphatic rings. The minimum Gasteiger partial charge on any atom is -0.261 e. The van der Waals surface area contributed by atoms with Gasteiger partial charge in [0, 0.05) is 10.6 Å². The maximum absolute atomic E-state index is 14.4. The Balaban J connectivity index is 1.95. The van der Waals surface area contributed by atoms with Gasteiger partial charge in [0.2, 0.25) is 0 Å². The Morgan fingerprint density at radius 3 is 2.12 bits per heavy atom. The van der Waals surface area contributed by atoms with Gasteiger partial charge in [0.05, 0.1) is 22.0 Å². The van der Waals surface area contributed by atoms with Gasteiger partial charge in [0.25, 0.3) is 10.0 Å². The standard InChI is InChI=1S/C23H16Cl2F3N3O2S/c24-16-11-12-18(19(25)13-16)20-21(23(26,27)28)31(14-15-7-3-1-4-8-15)29-22(20)30-34(32,33)17-9-5-2-6-10-17/h1-13H,14H2,(H,29,30). The van der Waals surface area contributed by atoms with Crippen molar-refractivity contribution in [2.24, 2.45) is 0 Å². The van der Waals surface area contributed by atoms with Crippen molar-refractivity contribution in [3.63, 3.8) is 0 Å². The van der Waals surface area contributed by atoms with Crippen LogP contribution in [0.4, 0.5) is 19.0 Å². The van der Waals surface area contributed by atoms with Crippen molar-refractivity contribution in [3.05, 3.63) is 100 Å². The summed E-state index contributed by atoms with van der Waals surface area (Å²) >= 11 is 12.2. The molecule has 0 spiro atoms. The van der Waals surface area contributed by atoms with Crippen molar-refractivity contribution in [2.75, 3.05) is 4.72 Å². The topological polar surface area (TPSA) is 64.0 Å². The molecule has 0 amide bonds. The van der Waals surface area contributed by atoms with Crippen molar-refractivity contribution >= 4 is 39.0 Å². The first kappa shape index (κ1) is 24.1. The Morgan fingerprint density at radius 2 is 1.53 bits per heavy atom. The van der Waals surface area contributed by atoms with E-state index < -0.39 is 33.3 Å². The maximum atomic E-state index is 14.4. The van der Waals surface area contributed by atoms with Gasteiger partial charge < -0.3 is 0 Å². The molecule has 4 aromatic rings. The summed E-state index contributed by atoms with van der Waals surface area (Å²) in [4.78, 5) is -0.130. The fourth-order valence-corrected chi connectivity index (χ4v) is 4.96. The SMILES string of the molecule is O=S(=O)(Nc1nn(Cc2ccccc2)c(C(F)(F)F)c1-c1ccc(Cl)cc1Cl)c1ccccc1. The molecule has 1 heterocycles. The molecule has 0 aliphatic heterocycles. The summed E-state index contributed by atoms with van der Waals surface area (Å²) in [6.45, 7) is -0.249. The number of nitrogens with zero attached hydrogens (tertiary/aromatic N) is 2. The Labute approximate surface area is 203 Å². The first-order valence-corrected chi connectivity index (χ1v) is 12.1. The lowest BCUT2D eigenvalue weighted by molar-refractivity contribution is -0.143. The van der Waals surface area contributed by atoms with Gasteiger partial charge in [-0.2, -0.15) is 18.3 Å². The molecule has 0 aliphatic carbocycles. The van der Waals surface area contributed by atoms with E-state index in [0.29, 0.717) is 5.56 Å². The summed E-state index contributed by atoms with van der Waals surface area (Å²) in [6.07, 6.45) is -4.88. The number of nitrogens with one attached hydrogen (secondary N) is 1. The molecule has 0 bridgehead atoms. The van der Waals surface area contributed by atoms with Crippen LogP contribution in [0, 0.1) is 0 Å². The van der Waals surface area contributed by atoms with Gasteiger partial charge in [0.15, 0.2) is 11.5 Å². The number of aromatic nitrogens is 2. The monoisotopic (exact) mass is 525 g/mol. The molecule has 1 aromatic heterocycles. The van der Waals surface area contributed by atoms with Crippen LogP contribution in [0.5, 0.6) is 0 Å². The Bertz CT molecular complexity index is 1430. The zero-order valence-corrected chi connectivity index (χ0v) is 19.6. The van der Waals surface area contributed by atoms with Crippen LogP contribution in [0.3, 0.4) is 0 Å². The van der Waals surface area contributed by atoms with Crippen molar-refractivity contribution in [3.8, 4) is 11.1 Å². The van der Waals surface area contributed by atoms with E-state index in [4.69, 9.17) is 23.2 Å². The third-order valence-electron chi connectivity index (χ3n) is 4.88. The molecule has 11 heteroatoms. The number of hydrogen-bond donors (Lipinski definition) is 1. The van der Waals surface area contributed by atoms with Crippen LogP contribution in [0.1, 0.15) is 11.3 Å². The number of anilines is 1. The van der Waals surface area contributed by atoms with E-state index in [2.05, 4.69) is 9.82 Å². The van der Waals surface area contributed by atoms with Crippen LogP contribution in [0.15, 0.2) is 83.8 Å². The molecule has 0 radical (unpaired) electrons. The second-order valence-corrected chi connectivity index (χ2v) is 9.78. The van der Waals surface area contributed by atoms with E-state index in [9.17, 15) is 21.6 Å². The minimum atomic E-state index is -4.88. The molecule has 34 heavy (non-hydrogen) atoms. The fraction of sp³-hybridized carbons (Fsp3) is 0.0870. The van der Waals surface area contributed by atoms with Gasteiger partial charge in [-0.05, 0) is 29.8 Å². The Kier molecular flexibility index (Phi) is 6.62. The minimum absolute atomic E-state index is 0.0662. The second-order valence-electron chi connectivity index (χ2n) is 7.26. The molecule has 4 rings (SSSR count). The van der Waals surface area contributed by atoms with E-state index in [1.54, 1.807) is 36.4 Å². The smallest absolute Gasteiger partial charge is 0.261 e. The maximum Gasteiger partial charge on any atom is 0.433 e. The van der Waals surface area contributed by atoms with Crippen LogP contribution >= 0.6 is 23.2 Å². The van der Waals surface area contributed by atoms with Crippen LogP contribution in [0.25, 0.3) is 11.1 Å². The van der Waals surface area contributed by atoms with Gasteiger partial charge in [-0.1, -0.05) is 77.8 Å². The van der Waals surface area contributed by atoms with Gasteiger partial charge in [-0.25, -0.2) is 8.42 Å². The van der Waals surface area contributed by atoms with Crippen LogP contribution in [0.2, 0.25) is 10.0 Å². The predicted molar refractivity (Wildman–Crippen MR) is 125 cm³/mol. The molecule has 0 fully saturated rings. The first-order chi connectivity index (χ1) is 16.1. The summed E-state index contributed by atoms with van der Waals surface area (Å²) in [7, 11) is -4.25. The van der Waals surface area contributed by atoms with Crippen LogP contribution in [-0.2, 0) is 22.7 Å². The molecule has 5 nitrogen and oxygen atoms in total. The summed E-state index contributed by atoms with van der Waals surface area (Å²) in [5.41, 5.74) is -1.17. The molecule has 3 aromatic carbocycles. The highest BCUT2D eigenvalue weighted by atomic mass is 35.5. The predicted octanol–water partition coefficient (Wildman–Crippen LogP) is 6.72. The number of alkyl halides is 3.